The number of rotatable bonds is 5. The summed E-state index contributed by atoms with van der Waals surface area (Å²) >= 11 is 0. The van der Waals surface area contributed by atoms with E-state index in [2.05, 4.69) is 45.1 Å². The Labute approximate surface area is 130 Å². The Hall–Kier alpha value is -1.95. The van der Waals surface area contributed by atoms with Gasteiger partial charge in [0.1, 0.15) is 12.1 Å². The monoisotopic (exact) mass is 301 g/mol. The molecule has 0 aromatic carbocycles. The number of hydrogen-bond acceptors (Lipinski definition) is 5. The molecular formula is C16H23N5O. The summed E-state index contributed by atoms with van der Waals surface area (Å²) < 4.78 is 5.45. The molecule has 0 spiro atoms. The fourth-order valence-corrected chi connectivity index (χ4v) is 2.90. The molecule has 1 aliphatic heterocycles. The van der Waals surface area contributed by atoms with E-state index in [1.807, 2.05) is 6.92 Å². The Bertz CT molecular complexity index is 614. The minimum Gasteiger partial charge on any atom is -0.381 e. The zero-order valence-corrected chi connectivity index (χ0v) is 13.5. The van der Waals surface area contributed by atoms with Crippen LogP contribution in [-0.4, -0.2) is 47.0 Å². The topological polar surface area (TPSA) is 66.9 Å². The molecule has 1 atom stereocenters. The van der Waals surface area contributed by atoms with E-state index in [1.165, 1.54) is 5.56 Å². The van der Waals surface area contributed by atoms with Crippen LogP contribution >= 0.6 is 0 Å². The van der Waals surface area contributed by atoms with Gasteiger partial charge in [-0.3, -0.25) is 5.10 Å². The fraction of sp³-hybridized carbons (Fsp3) is 0.562. The lowest BCUT2D eigenvalue weighted by atomic mass is 10.0. The second-order valence-electron chi connectivity index (χ2n) is 5.95. The minimum absolute atomic E-state index is 0.411. The normalized spacial score (nSPS) is 17.9. The maximum atomic E-state index is 5.45. The predicted molar refractivity (Wildman–Crippen MR) is 85.2 cm³/mol. The fourth-order valence-electron chi connectivity index (χ4n) is 2.90. The lowest BCUT2D eigenvalue weighted by molar-refractivity contribution is 0.193. The Kier molecular flexibility index (Phi) is 4.38. The first kappa shape index (κ1) is 15.0. The highest BCUT2D eigenvalue weighted by Crippen LogP contribution is 2.25. The quantitative estimate of drug-likeness (QED) is 0.915. The number of ether oxygens (including phenoxy) is 1. The Balaban J connectivity index is 1.67. The highest BCUT2D eigenvalue weighted by Gasteiger charge is 2.20. The largest absolute Gasteiger partial charge is 0.381 e. The molecule has 0 unspecified atom stereocenters. The van der Waals surface area contributed by atoms with Gasteiger partial charge in [-0.25, -0.2) is 9.97 Å². The number of anilines is 1. The van der Waals surface area contributed by atoms with Crippen LogP contribution in [0.3, 0.4) is 0 Å². The third kappa shape index (κ3) is 3.11. The van der Waals surface area contributed by atoms with Crippen molar-refractivity contribution in [2.75, 3.05) is 31.7 Å². The van der Waals surface area contributed by atoms with E-state index in [0.717, 1.165) is 55.5 Å². The second-order valence-corrected chi connectivity index (χ2v) is 5.95. The molecule has 2 aromatic rings. The van der Waals surface area contributed by atoms with Crippen molar-refractivity contribution in [3.63, 3.8) is 0 Å². The molecule has 3 heterocycles. The second kappa shape index (κ2) is 6.44. The summed E-state index contributed by atoms with van der Waals surface area (Å²) in [5, 5.41) is 7.29. The van der Waals surface area contributed by atoms with E-state index in [0.29, 0.717) is 5.92 Å². The van der Waals surface area contributed by atoms with Crippen LogP contribution in [0.15, 0.2) is 12.4 Å². The van der Waals surface area contributed by atoms with Crippen LogP contribution in [0, 0.1) is 13.8 Å². The SMILES string of the molecule is Cc1n[nH]c(C)c1CCN(C)c1cc([C@@H]2CCOC2)ncn1. The number of H-pyrrole nitrogens is 1. The van der Waals surface area contributed by atoms with Gasteiger partial charge in [-0.05, 0) is 32.3 Å². The Morgan fingerprint density at radius 2 is 2.23 bits per heavy atom. The highest BCUT2D eigenvalue weighted by atomic mass is 16.5. The molecule has 1 aliphatic rings. The van der Waals surface area contributed by atoms with Gasteiger partial charge in [0.2, 0.25) is 0 Å². The Morgan fingerprint density at radius 3 is 2.91 bits per heavy atom. The molecule has 0 amide bonds. The van der Waals surface area contributed by atoms with Crippen molar-refractivity contribution in [3.8, 4) is 0 Å². The lowest BCUT2D eigenvalue weighted by Crippen LogP contribution is -2.22. The summed E-state index contributed by atoms with van der Waals surface area (Å²) in [4.78, 5) is 11.0. The molecule has 6 nitrogen and oxygen atoms in total. The van der Waals surface area contributed by atoms with E-state index in [1.54, 1.807) is 6.33 Å². The summed E-state index contributed by atoms with van der Waals surface area (Å²) in [6.45, 7) is 6.62. The van der Waals surface area contributed by atoms with Gasteiger partial charge in [-0.15, -0.1) is 0 Å². The molecule has 3 rings (SSSR count). The van der Waals surface area contributed by atoms with Crippen LogP contribution in [0.25, 0.3) is 0 Å². The summed E-state index contributed by atoms with van der Waals surface area (Å²) in [6.07, 6.45) is 3.66. The lowest BCUT2D eigenvalue weighted by Gasteiger charge is -2.19. The zero-order chi connectivity index (χ0) is 15.5. The van der Waals surface area contributed by atoms with Crippen LogP contribution < -0.4 is 4.90 Å². The van der Waals surface area contributed by atoms with E-state index in [9.17, 15) is 0 Å². The van der Waals surface area contributed by atoms with Crippen molar-refractivity contribution in [2.45, 2.75) is 32.6 Å². The third-order valence-corrected chi connectivity index (χ3v) is 4.39. The van der Waals surface area contributed by atoms with Crippen LogP contribution in [0.2, 0.25) is 0 Å². The van der Waals surface area contributed by atoms with Crippen LogP contribution in [0.5, 0.6) is 0 Å². The van der Waals surface area contributed by atoms with Crippen LogP contribution in [-0.2, 0) is 11.2 Å². The average molecular weight is 301 g/mol. The molecule has 118 valence electrons. The van der Waals surface area contributed by atoms with Gasteiger partial charge in [0.15, 0.2) is 0 Å². The van der Waals surface area contributed by atoms with Crippen molar-refractivity contribution < 1.29 is 4.74 Å². The molecule has 1 fully saturated rings. The van der Waals surface area contributed by atoms with E-state index >= 15 is 0 Å². The predicted octanol–water partition coefficient (Wildman–Crippen LogP) is 2.00. The molecule has 1 saturated heterocycles. The summed E-state index contributed by atoms with van der Waals surface area (Å²) in [7, 11) is 2.07. The average Bonchev–Trinajstić information content (AvgIpc) is 3.16. The van der Waals surface area contributed by atoms with Gasteiger partial charge in [-0.2, -0.15) is 5.10 Å². The molecule has 2 aromatic heterocycles. The first-order valence-electron chi connectivity index (χ1n) is 7.76. The number of hydrogen-bond donors (Lipinski definition) is 1. The van der Waals surface area contributed by atoms with Gasteiger partial charge in [0.05, 0.1) is 18.0 Å². The molecular weight excluding hydrogens is 278 g/mol. The number of likely N-dealkylation sites (N-methyl/N-ethyl adjacent to an activating group) is 1. The number of nitrogens with zero attached hydrogens (tertiary/aromatic N) is 4. The van der Waals surface area contributed by atoms with Crippen LogP contribution in [0.4, 0.5) is 5.82 Å². The van der Waals surface area contributed by atoms with Gasteiger partial charge >= 0.3 is 0 Å². The first-order valence-corrected chi connectivity index (χ1v) is 7.76. The number of nitrogens with one attached hydrogen (secondary N) is 1. The maximum absolute atomic E-state index is 5.45. The van der Waals surface area contributed by atoms with E-state index in [4.69, 9.17) is 4.74 Å². The summed E-state index contributed by atoms with van der Waals surface area (Å²) in [5.41, 5.74) is 4.62. The third-order valence-electron chi connectivity index (χ3n) is 4.39. The van der Waals surface area contributed by atoms with Crippen molar-refractivity contribution in [1.82, 2.24) is 20.2 Å². The maximum Gasteiger partial charge on any atom is 0.131 e. The molecule has 22 heavy (non-hydrogen) atoms. The first-order chi connectivity index (χ1) is 10.6. The summed E-state index contributed by atoms with van der Waals surface area (Å²) in [5.74, 6) is 1.38. The number of aromatic amines is 1. The van der Waals surface area contributed by atoms with Gasteiger partial charge in [0, 0.05) is 37.9 Å². The molecule has 0 radical (unpaired) electrons. The van der Waals surface area contributed by atoms with Crippen molar-refractivity contribution in [3.05, 3.63) is 35.0 Å². The standard InChI is InChI=1S/C16H23N5O/c1-11-14(12(2)20-19-11)4-6-21(3)16-8-15(17-10-18-16)13-5-7-22-9-13/h8,10,13H,4-7,9H2,1-3H3,(H,19,20)/t13-/m1/s1. The number of aryl methyl sites for hydroxylation is 2. The van der Waals surface area contributed by atoms with E-state index < -0.39 is 0 Å². The van der Waals surface area contributed by atoms with Crippen molar-refractivity contribution >= 4 is 5.82 Å². The van der Waals surface area contributed by atoms with Crippen molar-refractivity contribution in [1.29, 1.82) is 0 Å². The zero-order valence-electron chi connectivity index (χ0n) is 13.5. The molecule has 0 bridgehead atoms. The smallest absolute Gasteiger partial charge is 0.131 e. The van der Waals surface area contributed by atoms with Crippen LogP contribution in [0.1, 0.15) is 35.0 Å². The summed E-state index contributed by atoms with van der Waals surface area (Å²) in [6, 6.07) is 2.09. The van der Waals surface area contributed by atoms with E-state index in [-0.39, 0.29) is 0 Å². The molecule has 1 N–H and O–H groups in total. The van der Waals surface area contributed by atoms with Gasteiger partial charge < -0.3 is 9.64 Å². The highest BCUT2D eigenvalue weighted by molar-refractivity contribution is 5.39. The molecule has 6 heteroatoms. The van der Waals surface area contributed by atoms with Gasteiger partial charge in [0.25, 0.3) is 0 Å². The Morgan fingerprint density at radius 1 is 1.36 bits per heavy atom. The molecule has 0 saturated carbocycles. The minimum atomic E-state index is 0.411. The number of aromatic nitrogens is 4. The van der Waals surface area contributed by atoms with Crippen molar-refractivity contribution in [2.24, 2.45) is 0 Å². The molecule has 0 aliphatic carbocycles. The van der Waals surface area contributed by atoms with Gasteiger partial charge in [-0.1, -0.05) is 0 Å².